The van der Waals surface area contributed by atoms with Crippen LogP contribution in [0.15, 0.2) is 43.0 Å². The van der Waals surface area contributed by atoms with Gasteiger partial charge in [-0.1, -0.05) is 24.8 Å². The predicted molar refractivity (Wildman–Crippen MR) is 118 cm³/mol. The summed E-state index contributed by atoms with van der Waals surface area (Å²) in [5.74, 6) is -0.531. The summed E-state index contributed by atoms with van der Waals surface area (Å²) in [7, 11) is 0. The average molecular weight is 403 g/mol. The SMILES string of the molecule is C=CC(=O)Nc1cccc(-c2ccc(C(N)=O)c3[nH]c4c(c23)CCC(CO)C4)c1C. The summed E-state index contributed by atoms with van der Waals surface area (Å²) in [6.45, 7) is 5.62. The van der Waals surface area contributed by atoms with Crippen LogP contribution in [0.4, 0.5) is 5.69 Å². The third-order valence-corrected chi connectivity index (χ3v) is 6.03. The van der Waals surface area contributed by atoms with Crippen LogP contribution in [0.1, 0.15) is 33.6 Å². The van der Waals surface area contributed by atoms with E-state index >= 15 is 0 Å². The molecule has 30 heavy (non-hydrogen) atoms. The van der Waals surface area contributed by atoms with E-state index in [-0.39, 0.29) is 18.4 Å². The van der Waals surface area contributed by atoms with Crippen molar-refractivity contribution in [3.63, 3.8) is 0 Å². The summed E-state index contributed by atoms with van der Waals surface area (Å²) in [4.78, 5) is 27.3. The number of amides is 2. The Morgan fingerprint density at radius 1 is 1.30 bits per heavy atom. The molecule has 0 bridgehead atoms. The van der Waals surface area contributed by atoms with Crippen LogP contribution in [0.3, 0.4) is 0 Å². The fourth-order valence-corrected chi connectivity index (χ4v) is 4.44. The molecule has 0 fully saturated rings. The molecule has 0 saturated heterocycles. The molecule has 1 aliphatic rings. The first-order chi connectivity index (χ1) is 14.4. The van der Waals surface area contributed by atoms with Gasteiger partial charge in [0, 0.05) is 23.4 Å². The van der Waals surface area contributed by atoms with Gasteiger partial charge in [0.25, 0.3) is 5.91 Å². The Kier molecular flexibility index (Phi) is 5.18. The highest BCUT2D eigenvalue weighted by atomic mass is 16.3. The van der Waals surface area contributed by atoms with Gasteiger partial charge in [0.05, 0.1) is 11.1 Å². The number of aliphatic hydroxyl groups is 1. The minimum atomic E-state index is -0.479. The van der Waals surface area contributed by atoms with Crippen molar-refractivity contribution in [2.45, 2.75) is 26.2 Å². The monoisotopic (exact) mass is 403 g/mol. The number of hydrogen-bond acceptors (Lipinski definition) is 3. The first-order valence-electron chi connectivity index (χ1n) is 10.0. The van der Waals surface area contributed by atoms with E-state index in [9.17, 15) is 14.7 Å². The number of H-pyrrole nitrogens is 1. The predicted octanol–water partition coefficient (Wildman–Crippen LogP) is 3.46. The molecule has 1 aliphatic carbocycles. The zero-order valence-corrected chi connectivity index (χ0v) is 16.9. The number of nitrogens with one attached hydrogen (secondary N) is 2. The number of anilines is 1. The van der Waals surface area contributed by atoms with Crippen molar-refractivity contribution in [3.8, 4) is 11.1 Å². The van der Waals surface area contributed by atoms with Gasteiger partial charge < -0.3 is 21.1 Å². The van der Waals surface area contributed by atoms with Crippen LogP contribution in [0, 0.1) is 12.8 Å². The lowest BCUT2D eigenvalue weighted by molar-refractivity contribution is -0.111. The quantitative estimate of drug-likeness (QED) is 0.490. The maximum atomic E-state index is 12.1. The van der Waals surface area contributed by atoms with Gasteiger partial charge in [0.2, 0.25) is 5.91 Å². The van der Waals surface area contributed by atoms with Crippen molar-refractivity contribution in [2.24, 2.45) is 11.7 Å². The molecule has 154 valence electrons. The molecule has 1 heterocycles. The largest absolute Gasteiger partial charge is 0.396 e. The van der Waals surface area contributed by atoms with E-state index in [0.717, 1.165) is 52.5 Å². The van der Waals surface area contributed by atoms with Crippen LogP contribution in [0.5, 0.6) is 0 Å². The van der Waals surface area contributed by atoms with E-state index in [2.05, 4.69) is 16.9 Å². The second kappa shape index (κ2) is 7.80. The van der Waals surface area contributed by atoms with Crippen molar-refractivity contribution in [1.82, 2.24) is 4.98 Å². The molecule has 1 aromatic heterocycles. The Hall–Kier alpha value is -3.38. The smallest absolute Gasteiger partial charge is 0.250 e. The first kappa shape index (κ1) is 19.9. The maximum absolute atomic E-state index is 12.1. The van der Waals surface area contributed by atoms with Gasteiger partial charge in [0.15, 0.2) is 0 Å². The molecule has 0 radical (unpaired) electrons. The third kappa shape index (κ3) is 3.29. The number of primary amides is 1. The highest BCUT2D eigenvalue weighted by Gasteiger charge is 2.26. The molecule has 3 aromatic rings. The fraction of sp³-hybridized carbons (Fsp3) is 0.250. The highest BCUT2D eigenvalue weighted by Crippen LogP contribution is 2.40. The molecule has 6 nitrogen and oxygen atoms in total. The van der Waals surface area contributed by atoms with Crippen LogP contribution < -0.4 is 11.1 Å². The average Bonchev–Trinajstić information content (AvgIpc) is 3.13. The summed E-state index contributed by atoms with van der Waals surface area (Å²) >= 11 is 0. The zero-order valence-electron chi connectivity index (χ0n) is 16.9. The topological polar surface area (TPSA) is 108 Å². The molecular weight excluding hydrogens is 378 g/mol. The van der Waals surface area contributed by atoms with Crippen LogP contribution >= 0.6 is 0 Å². The second-order valence-corrected chi connectivity index (χ2v) is 7.82. The van der Waals surface area contributed by atoms with Gasteiger partial charge in [-0.25, -0.2) is 0 Å². The van der Waals surface area contributed by atoms with Gasteiger partial charge in [-0.05, 0) is 72.6 Å². The van der Waals surface area contributed by atoms with Gasteiger partial charge >= 0.3 is 0 Å². The molecule has 2 amide bonds. The van der Waals surface area contributed by atoms with E-state index in [0.29, 0.717) is 11.3 Å². The number of aromatic amines is 1. The van der Waals surface area contributed by atoms with E-state index in [1.807, 2.05) is 31.2 Å². The van der Waals surface area contributed by atoms with Crippen molar-refractivity contribution in [2.75, 3.05) is 11.9 Å². The fourth-order valence-electron chi connectivity index (χ4n) is 4.44. The van der Waals surface area contributed by atoms with E-state index in [1.165, 1.54) is 11.6 Å². The molecule has 5 N–H and O–H groups in total. The number of aromatic nitrogens is 1. The number of rotatable bonds is 5. The molecule has 0 spiro atoms. The van der Waals surface area contributed by atoms with Gasteiger partial charge in [-0.3, -0.25) is 9.59 Å². The maximum Gasteiger partial charge on any atom is 0.250 e. The molecule has 4 rings (SSSR count). The number of carbonyl (C=O) groups is 2. The number of nitrogens with two attached hydrogens (primary N) is 1. The zero-order chi connectivity index (χ0) is 21.4. The number of aliphatic hydroxyl groups excluding tert-OH is 1. The van der Waals surface area contributed by atoms with Crippen LogP contribution in [0.25, 0.3) is 22.0 Å². The number of benzene rings is 2. The lowest BCUT2D eigenvalue weighted by Gasteiger charge is -2.21. The Labute approximate surface area is 174 Å². The van der Waals surface area contributed by atoms with Crippen molar-refractivity contribution in [1.29, 1.82) is 0 Å². The summed E-state index contributed by atoms with van der Waals surface area (Å²) in [6.07, 6.45) is 3.70. The standard InChI is InChI=1S/C24H25N3O3/c1-3-21(29)26-19-6-4-5-15(13(19)2)16-9-10-18(24(25)30)23-22(16)17-8-7-14(12-28)11-20(17)27-23/h3-6,9-10,14,27-28H,1,7-8,11-12H2,2H3,(H2,25,30)(H,26,29). The molecule has 1 atom stereocenters. The summed E-state index contributed by atoms with van der Waals surface area (Å²) in [5.41, 5.74) is 12.7. The lowest BCUT2D eigenvalue weighted by Crippen LogP contribution is -2.16. The number of aryl methyl sites for hydroxylation is 1. The Balaban J connectivity index is 1.95. The number of carbonyl (C=O) groups excluding carboxylic acids is 2. The van der Waals surface area contributed by atoms with Crippen molar-refractivity contribution in [3.05, 3.63) is 65.4 Å². The molecule has 0 aliphatic heterocycles. The first-order valence-corrected chi connectivity index (χ1v) is 10.0. The summed E-state index contributed by atoms with van der Waals surface area (Å²) in [5, 5.41) is 13.4. The molecule has 0 saturated carbocycles. The van der Waals surface area contributed by atoms with Crippen LogP contribution in [-0.4, -0.2) is 28.5 Å². The van der Waals surface area contributed by atoms with E-state index in [4.69, 9.17) is 5.73 Å². The number of hydrogen-bond donors (Lipinski definition) is 4. The molecule has 1 unspecified atom stereocenters. The molecule has 6 heteroatoms. The number of fused-ring (bicyclic) bond motifs is 3. The molecule has 2 aromatic carbocycles. The molecular formula is C24H25N3O3. The Bertz CT molecular complexity index is 1180. The lowest BCUT2D eigenvalue weighted by atomic mass is 9.85. The van der Waals surface area contributed by atoms with Crippen molar-refractivity contribution >= 4 is 28.4 Å². The van der Waals surface area contributed by atoms with Crippen LogP contribution in [0.2, 0.25) is 0 Å². The minimum absolute atomic E-state index is 0.147. The minimum Gasteiger partial charge on any atom is -0.396 e. The Morgan fingerprint density at radius 2 is 2.10 bits per heavy atom. The second-order valence-electron chi connectivity index (χ2n) is 7.82. The summed E-state index contributed by atoms with van der Waals surface area (Å²) < 4.78 is 0. The normalized spacial score (nSPS) is 15.6. The van der Waals surface area contributed by atoms with Gasteiger partial charge in [0.1, 0.15) is 0 Å². The van der Waals surface area contributed by atoms with E-state index < -0.39 is 5.91 Å². The van der Waals surface area contributed by atoms with Crippen LogP contribution in [-0.2, 0) is 17.6 Å². The van der Waals surface area contributed by atoms with Gasteiger partial charge in [-0.15, -0.1) is 0 Å². The summed E-state index contributed by atoms with van der Waals surface area (Å²) in [6, 6.07) is 9.44. The van der Waals surface area contributed by atoms with Crippen molar-refractivity contribution < 1.29 is 14.7 Å². The van der Waals surface area contributed by atoms with E-state index in [1.54, 1.807) is 6.07 Å². The Morgan fingerprint density at radius 3 is 2.80 bits per heavy atom. The van der Waals surface area contributed by atoms with Gasteiger partial charge in [-0.2, -0.15) is 0 Å². The third-order valence-electron chi connectivity index (χ3n) is 6.03. The highest BCUT2D eigenvalue weighted by molar-refractivity contribution is 6.11.